The van der Waals surface area contributed by atoms with Gasteiger partial charge in [0.15, 0.2) is 0 Å². The molecule has 0 aliphatic carbocycles. The number of rotatable bonds is 7. The highest BCUT2D eigenvalue weighted by molar-refractivity contribution is 5.37. The first kappa shape index (κ1) is 13.9. The summed E-state index contributed by atoms with van der Waals surface area (Å²) < 4.78 is 5.73. The van der Waals surface area contributed by atoms with E-state index in [4.69, 9.17) is 15.6 Å². The van der Waals surface area contributed by atoms with E-state index in [0.29, 0.717) is 13.2 Å². The number of unbranched alkanes of at least 4 members (excludes halogenated alkanes) is 2. The van der Waals surface area contributed by atoms with Gasteiger partial charge in [0, 0.05) is 36.2 Å². The molecule has 17 heavy (non-hydrogen) atoms. The van der Waals surface area contributed by atoms with Crippen LogP contribution in [-0.2, 0) is 6.54 Å². The Balaban J connectivity index is 2.57. The fourth-order valence-corrected chi connectivity index (χ4v) is 1.77. The van der Waals surface area contributed by atoms with Crippen molar-refractivity contribution in [2.75, 3.05) is 13.2 Å². The van der Waals surface area contributed by atoms with Crippen molar-refractivity contribution in [1.29, 1.82) is 0 Å². The van der Waals surface area contributed by atoms with Gasteiger partial charge in [-0.25, -0.2) is 0 Å². The molecule has 0 radical (unpaired) electrons. The predicted molar refractivity (Wildman–Crippen MR) is 68.0 cm³/mol. The smallest absolute Gasteiger partial charge is 0.127 e. The first-order valence-corrected chi connectivity index (χ1v) is 6.10. The fourth-order valence-electron chi connectivity index (χ4n) is 1.77. The van der Waals surface area contributed by atoms with Crippen LogP contribution in [-0.4, -0.2) is 23.3 Å². The second-order valence-corrected chi connectivity index (χ2v) is 4.16. The zero-order chi connectivity index (χ0) is 12.7. The second-order valence-electron chi connectivity index (χ2n) is 4.16. The number of hydrogen-bond donors (Lipinski definition) is 2. The van der Waals surface area contributed by atoms with Gasteiger partial charge in [-0.15, -0.1) is 0 Å². The molecule has 0 atom stereocenters. The Bertz CT molecular complexity index is 354. The minimum absolute atomic E-state index is 0.252. The number of hydrogen-bond acceptors (Lipinski definition) is 4. The van der Waals surface area contributed by atoms with Crippen molar-refractivity contribution >= 4 is 0 Å². The molecule has 3 N–H and O–H groups in total. The van der Waals surface area contributed by atoms with Crippen molar-refractivity contribution in [3.8, 4) is 5.75 Å². The Morgan fingerprint density at radius 3 is 2.71 bits per heavy atom. The van der Waals surface area contributed by atoms with Gasteiger partial charge < -0.3 is 15.6 Å². The summed E-state index contributed by atoms with van der Waals surface area (Å²) in [6.07, 6.45) is 2.77. The van der Waals surface area contributed by atoms with Gasteiger partial charge in [-0.3, -0.25) is 4.98 Å². The van der Waals surface area contributed by atoms with Gasteiger partial charge in [0.05, 0.1) is 6.61 Å². The second kappa shape index (κ2) is 7.25. The van der Waals surface area contributed by atoms with E-state index < -0.39 is 0 Å². The largest absolute Gasteiger partial charge is 0.493 e. The molecule has 1 heterocycles. The van der Waals surface area contributed by atoms with Crippen LogP contribution in [0.3, 0.4) is 0 Å². The molecule has 4 nitrogen and oxygen atoms in total. The van der Waals surface area contributed by atoms with Gasteiger partial charge >= 0.3 is 0 Å². The van der Waals surface area contributed by atoms with E-state index in [0.717, 1.165) is 42.0 Å². The summed E-state index contributed by atoms with van der Waals surface area (Å²) >= 11 is 0. The first-order valence-electron chi connectivity index (χ1n) is 6.10. The zero-order valence-corrected chi connectivity index (χ0v) is 10.7. The van der Waals surface area contributed by atoms with Crippen LogP contribution in [0.15, 0.2) is 6.07 Å². The van der Waals surface area contributed by atoms with Gasteiger partial charge in [-0.2, -0.15) is 0 Å². The van der Waals surface area contributed by atoms with Gasteiger partial charge in [0.2, 0.25) is 0 Å². The van der Waals surface area contributed by atoms with Gasteiger partial charge in [-0.05, 0) is 33.1 Å². The normalized spacial score (nSPS) is 10.6. The van der Waals surface area contributed by atoms with E-state index in [1.54, 1.807) is 0 Å². The summed E-state index contributed by atoms with van der Waals surface area (Å²) in [4.78, 5) is 4.37. The third-order valence-corrected chi connectivity index (χ3v) is 2.68. The van der Waals surface area contributed by atoms with E-state index >= 15 is 0 Å². The molecule has 0 aliphatic rings. The maximum atomic E-state index is 8.67. The van der Waals surface area contributed by atoms with E-state index in [2.05, 4.69) is 4.98 Å². The highest BCUT2D eigenvalue weighted by atomic mass is 16.5. The van der Waals surface area contributed by atoms with Crippen LogP contribution < -0.4 is 10.5 Å². The SMILES string of the molecule is Cc1cc(OCCCCCO)c(CN)c(C)n1. The highest BCUT2D eigenvalue weighted by Gasteiger charge is 2.07. The van der Waals surface area contributed by atoms with Crippen LogP contribution in [0.5, 0.6) is 5.75 Å². The van der Waals surface area contributed by atoms with Crippen molar-refractivity contribution in [3.05, 3.63) is 23.0 Å². The third kappa shape index (κ3) is 4.32. The van der Waals surface area contributed by atoms with E-state index in [1.165, 1.54) is 0 Å². The summed E-state index contributed by atoms with van der Waals surface area (Å²) in [6.45, 7) is 5.27. The van der Waals surface area contributed by atoms with Crippen molar-refractivity contribution in [3.63, 3.8) is 0 Å². The monoisotopic (exact) mass is 238 g/mol. The number of pyridine rings is 1. The van der Waals surface area contributed by atoms with E-state index in [-0.39, 0.29) is 6.61 Å². The molecule has 0 aromatic carbocycles. The van der Waals surface area contributed by atoms with Gasteiger partial charge in [-0.1, -0.05) is 0 Å². The highest BCUT2D eigenvalue weighted by Crippen LogP contribution is 2.22. The molecular formula is C13H22N2O2. The summed E-state index contributed by atoms with van der Waals surface area (Å²) in [5.74, 6) is 0.849. The number of aliphatic hydroxyl groups is 1. The van der Waals surface area contributed by atoms with E-state index in [9.17, 15) is 0 Å². The van der Waals surface area contributed by atoms with Crippen molar-refractivity contribution in [2.24, 2.45) is 5.73 Å². The summed E-state index contributed by atoms with van der Waals surface area (Å²) in [6, 6.07) is 1.93. The van der Waals surface area contributed by atoms with Crippen LogP contribution in [0.2, 0.25) is 0 Å². The minimum atomic E-state index is 0.252. The van der Waals surface area contributed by atoms with Crippen LogP contribution in [0.4, 0.5) is 0 Å². The lowest BCUT2D eigenvalue weighted by atomic mass is 10.1. The number of nitrogens with two attached hydrogens (primary N) is 1. The summed E-state index contributed by atoms with van der Waals surface area (Å²) in [5, 5.41) is 8.67. The molecule has 96 valence electrons. The lowest BCUT2D eigenvalue weighted by Crippen LogP contribution is -2.08. The Kier molecular flexibility index (Phi) is 5.94. The van der Waals surface area contributed by atoms with Gasteiger partial charge in [0.1, 0.15) is 5.75 Å². The van der Waals surface area contributed by atoms with Crippen LogP contribution in [0.1, 0.15) is 36.2 Å². The molecule has 0 fully saturated rings. The average Bonchev–Trinajstić information content (AvgIpc) is 2.28. The van der Waals surface area contributed by atoms with Crippen LogP contribution in [0, 0.1) is 13.8 Å². The van der Waals surface area contributed by atoms with Crippen LogP contribution >= 0.6 is 0 Å². The molecule has 0 amide bonds. The van der Waals surface area contributed by atoms with Gasteiger partial charge in [0.25, 0.3) is 0 Å². The fraction of sp³-hybridized carbons (Fsp3) is 0.615. The molecule has 4 heteroatoms. The van der Waals surface area contributed by atoms with Crippen molar-refractivity contribution < 1.29 is 9.84 Å². The molecule has 0 unspecified atom stereocenters. The molecule has 0 spiro atoms. The first-order chi connectivity index (χ1) is 8.19. The Labute approximate surface area is 103 Å². The summed E-state index contributed by atoms with van der Waals surface area (Å²) in [7, 11) is 0. The number of aromatic nitrogens is 1. The number of nitrogens with zero attached hydrogens (tertiary/aromatic N) is 1. The minimum Gasteiger partial charge on any atom is -0.493 e. The number of aliphatic hydroxyl groups excluding tert-OH is 1. The number of aryl methyl sites for hydroxylation is 2. The molecule has 1 aromatic rings. The Hall–Kier alpha value is -1.13. The van der Waals surface area contributed by atoms with E-state index in [1.807, 2.05) is 19.9 Å². The average molecular weight is 238 g/mol. The standard InChI is InChI=1S/C13H22N2O2/c1-10-8-13(12(9-14)11(2)15-10)17-7-5-3-4-6-16/h8,16H,3-7,9,14H2,1-2H3. The quantitative estimate of drug-likeness (QED) is 0.709. The van der Waals surface area contributed by atoms with Crippen LogP contribution in [0.25, 0.3) is 0 Å². The molecule has 0 bridgehead atoms. The molecule has 0 aliphatic heterocycles. The third-order valence-electron chi connectivity index (χ3n) is 2.68. The maximum absolute atomic E-state index is 8.67. The molecule has 0 saturated heterocycles. The summed E-state index contributed by atoms with van der Waals surface area (Å²) in [5.41, 5.74) is 8.58. The van der Waals surface area contributed by atoms with Crippen molar-refractivity contribution in [1.82, 2.24) is 4.98 Å². The molecular weight excluding hydrogens is 216 g/mol. The molecule has 1 rings (SSSR count). The Morgan fingerprint density at radius 2 is 2.06 bits per heavy atom. The van der Waals surface area contributed by atoms with Crippen molar-refractivity contribution in [2.45, 2.75) is 39.7 Å². The number of ether oxygens (including phenoxy) is 1. The lowest BCUT2D eigenvalue weighted by molar-refractivity contribution is 0.265. The zero-order valence-electron chi connectivity index (χ0n) is 10.7. The topological polar surface area (TPSA) is 68.4 Å². The Morgan fingerprint density at radius 1 is 1.29 bits per heavy atom. The maximum Gasteiger partial charge on any atom is 0.127 e. The predicted octanol–water partition coefficient (Wildman–Crippen LogP) is 1.70. The molecule has 0 saturated carbocycles. The lowest BCUT2D eigenvalue weighted by Gasteiger charge is -2.13. The molecule has 1 aromatic heterocycles.